The Morgan fingerprint density at radius 1 is 1.23 bits per heavy atom. The Balaban J connectivity index is 1.70. The number of fused-ring (bicyclic) bond motifs is 1. The first kappa shape index (κ1) is 15.6. The van der Waals surface area contributed by atoms with Gasteiger partial charge >= 0.3 is 0 Å². The maximum atomic E-state index is 11.4. The van der Waals surface area contributed by atoms with Crippen molar-refractivity contribution >= 4 is 5.78 Å². The lowest BCUT2D eigenvalue weighted by Crippen LogP contribution is -2.37. The van der Waals surface area contributed by atoms with E-state index in [1.807, 2.05) is 44.2 Å². The molecule has 2 aliphatic heterocycles. The second kappa shape index (κ2) is 6.08. The molecule has 0 amide bonds. The van der Waals surface area contributed by atoms with Gasteiger partial charge in [-0.05, 0) is 26.3 Å². The lowest BCUT2D eigenvalue weighted by Gasteiger charge is -2.25. The van der Waals surface area contributed by atoms with Gasteiger partial charge in [0.25, 0.3) is 0 Å². The minimum atomic E-state index is -0.690. The zero-order valence-corrected chi connectivity index (χ0v) is 13.2. The second-order valence-electron chi connectivity index (χ2n) is 6.31. The van der Waals surface area contributed by atoms with Crippen LogP contribution in [0.3, 0.4) is 0 Å². The SMILES string of the molecule is CC(=O)C[C@H]1O[C@@H]2OC(C)(C)O[C@@H]2[C@H]1OCc1ccccc1. The highest BCUT2D eigenvalue weighted by Gasteiger charge is 2.55. The summed E-state index contributed by atoms with van der Waals surface area (Å²) < 4.78 is 23.5. The molecular weight excluding hydrogens is 284 g/mol. The smallest absolute Gasteiger partial charge is 0.190 e. The van der Waals surface area contributed by atoms with Gasteiger partial charge in [0.15, 0.2) is 12.1 Å². The summed E-state index contributed by atoms with van der Waals surface area (Å²) in [5.74, 6) is -0.622. The van der Waals surface area contributed by atoms with Crippen LogP contribution in [0, 0.1) is 0 Å². The second-order valence-corrected chi connectivity index (χ2v) is 6.31. The molecule has 0 bridgehead atoms. The molecule has 0 N–H and O–H groups in total. The summed E-state index contributed by atoms with van der Waals surface area (Å²) >= 11 is 0. The minimum Gasteiger partial charge on any atom is -0.368 e. The summed E-state index contributed by atoms with van der Waals surface area (Å²) in [6.07, 6.45) is -1.11. The van der Waals surface area contributed by atoms with Gasteiger partial charge in [-0.3, -0.25) is 4.79 Å². The van der Waals surface area contributed by atoms with Gasteiger partial charge in [0.05, 0.1) is 12.7 Å². The fourth-order valence-electron chi connectivity index (χ4n) is 2.96. The summed E-state index contributed by atoms with van der Waals surface area (Å²) in [4.78, 5) is 11.4. The molecule has 2 saturated heterocycles. The summed E-state index contributed by atoms with van der Waals surface area (Å²) in [6.45, 7) is 5.71. The van der Waals surface area contributed by atoms with Crippen LogP contribution in [0.4, 0.5) is 0 Å². The van der Waals surface area contributed by atoms with Gasteiger partial charge in [0, 0.05) is 6.42 Å². The molecule has 2 fully saturated rings. The molecule has 0 aliphatic carbocycles. The van der Waals surface area contributed by atoms with Gasteiger partial charge in [-0.1, -0.05) is 30.3 Å². The molecule has 0 aromatic heterocycles. The highest BCUT2D eigenvalue weighted by molar-refractivity contribution is 5.76. The van der Waals surface area contributed by atoms with Crippen LogP contribution < -0.4 is 0 Å². The van der Waals surface area contributed by atoms with E-state index < -0.39 is 12.1 Å². The number of carbonyl (C=O) groups is 1. The Hall–Kier alpha value is -1.27. The number of benzene rings is 1. The summed E-state index contributed by atoms with van der Waals surface area (Å²) in [7, 11) is 0. The van der Waals surface area contributed by atoms with Crippen LogP contribution in [0.1, 0.15) is 32.8 Å². The summed E-state index contributed by atoms with van der Waals surface area (Å²) in [5, 5.41) is 0. The van der Waals surface area contributed by atoms with Crippen molar-refractivity contribution in [3.8, 4) is 0 Å². The van der Waals surface area contributed by atoms with Crippen LogP contribution >= 0.6 is 0 Å². The Morgan fingerprint density at radius 2 is 1.95 bits per heavy atom. The van der Waals surface area contributed by atoms with Gasteiger partial charge < -0.3 is 18.9 Å². The highest BCUT2D eigenvalue weighted by atomic mass is 16.8. The largest absolute Gasteiger partial charge is 0.368 e. The van der Waals surface area contributed by atoms with E-state index in [2.05, 4.69) is 0 Å². The van der Waals surface area contributed by atoms with Crippen molar-refractivity contribution in [2.75, 3.05) is 0 Å². The fraction of sp³-hybridized carbons (Fsp3) is 0.588. The number of carbonyl (C=O) groups excluding carboxylic acids is 1. The van der Waals surface area contributed by atoms with Gasteiger partial charge in [-0.25, -0.2) is 0 Å². The molecule has 0 spiro atoms. The molecule has 4 atom stereocenters. The zero-order chi connectivity index (χ0) is 15.7. The number of hydrogen-bond acceptors (Lipinski definition) is 5. The molecular formula is C17H22O5. The van der Waals surface area contributed by atoms with Crippen LogP contribution in [-0.2, 0) is 30.3 Å². The van der Waals surface area contributed by atoms with Crippen molar-refractivity contribution in [2.24, 2.45) is 0 Å². The molecule has 2 aliphatic rings. The predicted molar refractivity (Wildman–Crippen MR) is 79.0 cm³/mol. The molecule has 0 radical (unpaired) electrons. The fourth-order valence-corrected chi connectivity index (χ4v) is 2.96. The predicted octanol–water partition coefficient (Wildman–Crippen LogP) is 2.43. The summed E-state index contributed by atoms with van der Waals surface area (Å²) in [6, 6.07) is 9.91. The van der Waals surface area contributed by atoms with E-state index >= 15 is 0 Å². The van der Waals surface area contributed by atoms with E-state index in [4.69, 9.17) is 18.9 Å². The third kappa shape index (κ3) is 3.38. The average molecular weight is 306 g/mol. The Kier molecular flexibility index (Phi) is 4.32. The van der Waals surface area contributed by atoms with Crippen LogP contribution in [0.5, 0.6) is 0 Å². The molecule has 3 rings (SSSR count). The Bertz CT molecular complexity index is 527. The monoisotopic (exact) mass is 306 g/mol. The van der Waals surface area contributed by atoms with E-state index in [9.17, 15) is 4.79 Å². The normalized spacial score (nSPS) is 32.9. The maximum absolute atomic E-state index is 11.4. The van der Waals surface area contributed by atoms with Crippen LogP contribution in [0.2, 0.25) is 0 Å². The molecule has 120 valence electrons. The van der Waals surface area contributed by atoms with Crippen LogP contribution in [0.25, 0.3) is 0 Å². The summed E-state index contributed by atoms with van der Waals surface area (Å²) in [5.41, 5.74) is 1.07. The first-order valence-corrected chi connectivity index (χ1v) is 7.61. The Labute approximate surface area is 130 Å². The molecule has 22 heavy (non-hydrogen) atoms. The third-order valence-corrected chi connectivity index (χ3v) is 3.86. The van der Waals surface area contributed by atoms with E-state index in [0.29, 0.717) is 13.0 Å². The molecule has 2 heterocycles. The molecule has 0 saturated carbocycles. The number of ketones is 1. The highest BCUT2D eigenvalue weighted by Crippen LogP contribution is 2.39. The van der Waals surface area contributed by atoms with Crippen molar-refractivity contribution in [3.05, 3.63) is 35.9 Å². The van der Waals surface area contributed by atoms with E-state index in [-0.39, 0.29) is 24.1 Å². The number of ether oxygens (including phenoxy) is 4. The molecule has 5 nitrogen and oxygen atoms in total. The average Bonchev–Trinajstić information content (AvgIpc) is 2.88. The molecule has 1 aromatic rings. The minimum absolute atomic E-state index is 0.0672. The van der Waals surface area contributed by atoms with Crippen molar-refractivity contribution in [2.45, 2.75) is 64.2 Å². The zero-order valence-electron chi connectivity index (χ0n) is 13.2. The molecule has 5 heteroatoms. The Morgan fingerprint density at radius 3 is 2.64 bits per heavy atom. The van der Waals surface area contributed by atoms with Crippen molar-refractivity contribution in [1.82, 2.24) is 0 Å². The maximum Gasteiger partial charge on any atom is 0.190 e. The lowest BCUT2D eigenvalue weighted by molar-refractivity contribution is -0.219. The van der Waals surface area contributed by atoms with E-state index in [0.717, 1.165) is 5.56 Å². The van der Waals surface area contributed by atoms with Gasteiger partial charge in [-0.2, -0.15) is 0 Å². The first-order valence-electron chi connectivity index (χ1n) is 7.61. The standard InChI is InChI=1S/C17H22O5/c1-11(18)9-13-14(19-10-12-7-5-4-6-8-12)15-16(20-13)22-17(2,3)21-15/h4-8,13-16H,9-10H2,1-3H3/t13-,14+,15-,16-/m1/s1. The third-order valence-electron chi connectivity index (χ3n) is 3.86. The molecule has 1 aromatic carbocycles. The van der Waals surface area contributed by atoms with Gasteiger partial charge in [0.1, 0.15) is 18.0 Å². The van der Waals surface area contributed by atoms with Gasteiger partial charge in [0.2, 0.25) is 0 Å². The quantitative estimate of drug-likeness (QED) is 0.836. The van der Waals surface area contributed by atoms with Crippen LogP contribution in [-0.4, -0.2) is 36.2 Å². The van der Waals surface area contributed by atoms with Gasteiger partial charge in [-0.15, -0.1) is 0 Å². The number of Topliss-reactive ketones (excluding diaryl/α,β-unsaturated/α-hetero) is 1. The van der Waals surface area contributed by atoms with Crippen LogP contribution in [0.15, 0.2) is 30.3 Å². The first-order chi connectivity index (χ1) is 10.4. The van der Waals surface area contributed by atoms with E-state index in [1.165, 1.54) is 0 Å². The lowest BCUT2D eigenvalue weighted by atomic mass is 10.1. The van der Waals surface area contributed by atoms with E-state index in [1.54, 1.807) is 6.92 Å². The topological polar surface area (TPSA) is 54.0 Å². The number of hydrogen-bond donors (Lipinski definition) is 0. The molecule has 0 unspecified atom stereocenters. The van der Waals surface area contributed by atoms with Crippen molar-refractivity contribution < 1.29 is 23.7 Å². The van der Waals surface area contributed by atoms with Crippen molar-refractivity contribution in [1.29, 1.82) is 0 Å². The number of rotatable bonds is 5. The van der Waals surface area contributed by atoms with Crippen molar-refractivity contribution in [3.63, 3.8) is 0 Å².